The van der Waals surface area contributed by atoms with Crippen molar-refractivity contribution in [2.75, 3.05) is 30.8 Å². The van der Waals surface area contributed by atoms with Gasteiger partial charge in [-0.3, -0.25) is 0 Å². The maximum absolute atomic E-state index is 8.68. The van der Waals surface area contributed by atoms with Gasteiger partial charge in [0.05, 0.1) is 5.69 Å². The molecular formula is C12H21N3O. The van der Waals surface area contributed by atoms with Gasteiger partial charge in [-0.2, -0.15) is 0 Å². The number of aryl methyl sites for hydroxylation is 1. The molecule has 0 radical (unpaired) electrons. The first-order chi connectivity index (χ1) is 7.65. The Balaban J connectivity index is 2.49. The standard InChI is InChI=1S/C12H21N3O/c1-10-8-11(13)12(14-9-10)15(2)6-4-3-5-7-16/h8-9,16H,3-7,13H2,1-2H3. The van der Waals surface area contributed by atoms with Crippen LogP contribution < -0.4 is 10.6 Å². The Bertz CT molecular complexity index is 328. The molecule has 16 heavy (non-hydrogen) atoms. The Morgan fingerprint density at radius 1 is 1.38 bits per heavy atom. The van der Waals surface area contributed by atoms with E-state index in [0.29, 0.717) is 0 Å². The fraction of sp³-hybridized carbons (Fsp3) is 0.583. The molecule has 0 aromatic carbocycles. The fourth-order valence-electron chi connectivity index (χ4n) is 1.65. The van der Waals surface area contributed by atoms with Crippen LogP contribution in [0.2, 0.25) is 0 Å². The smallest absolute Gasteiger partial charge is 0.151 e. The van der Waals surface area contributed by atoms with Crippen LogP contribution in [0.5, 0.6) is 0 Å². The molecule has 0 saturated carbocycles. The van der Waals surface area contributed by atoms with Crippen molar-refractivity contribution in [3.63, 3.8) is 0 Å². The maximum Gasteiger partial charge on any atom is 0.151 e. The van der Waals surface area contributed by atoms with Gasteiger partial charge in [0.1, 0.15) is 0 Å². The van der Waals surface area contributed by atoms with Crippen molar-refractivity contribution < 1.29 is 5.11 Å². The van der Waals surface area contributed by atoms with Crippen LogP contribution in [0.1, 0.15) is 24.8 Å². The largest absolute Gasteiger partial charge is 0.396 e. The summed E-state index contributed by atoms with van der Waals surface area (Å²) in [5, 5.41) is 8.68. The van der Waals surface area contributed by atoms with Crippen LogP contribution in [0.4, 0.5) is 11.5 Å². The predicted octanol–water partition coefficient (Wildman–Crippen LogP) is 1.57. The summed E-state index contributed by atoms with van der Waals surface area (Å²) in [6.45, 7) is 3.17. The lowest BCUT2D eigenvalue weighted by Crippen LogP contribution is -2.21. The minimum atomic E-state index is 0.272. The number of hydrogen-bond donors (Lipinski definition) is 2. The van der Waals surface area contributed by atoms with Crippen LogP contribution >= 0.6 is 0 Å². The van der Waals surface area contributed by atoms with Crippen molar-refractivity contribution in [2.24, 2.45) is 0 Å². The molecule has 1 heterocycles. The summed E-state index contributed by atoms with van der Waals surface area (Å²) in [7, 11) is 1.99. The van der Waals surface area contributed by atoms with Gasteiger partial charge in [0, 0.05) is 26.4 Å². The second kappa shape index (κ2) is 6.33. The number of nitrogen functional groups attached to an aromatic ring is 1. The van der Waals surface area contributed by atoms with E-state index in [0.717, 1.165) is 42.9 Å². The van der Waals surface area contributed by atoms with E-state index in [2.05, 4.69) is 9.88 Å². The number of rotatable bonds is 6. The number of aromatic nitrogens is 1. The number of unbranched alkanes of at least 4 members (excludes halogenated alkanes) is 2. The highest BCUT2D eigenvalue weighted by atomic mass is 16.2. The topological polar surface area (TPSA) is 62.4 Å². The van der Waals surface area contributed by atoms with Gasteiger partial charge in [-0.15, -0.1) is 0 Å². The zero-order chi connectivity index (χ0) is 12.0. The fourth-order valence-corrected chi connectivity index (χ4v) is 1.65. The first kappa shape index (κ1) is 12.8. The number of anilines is 2. The zero-order valence-electron chi connectivity index (χ0n) is 10.1. The summed E-state index contributed by atoms with van der Waals surface area (Å²) < 4.78 is 0. The number of nitrogens with zero attached hydrogens (tertiary/aromatic N) is 2. The van der Waals surface area contributed by atoms with Crippen LogP contribution in [-0.4, -0.2) is 30.3 Å². The summed E-state index contributed by atoms with van der Waals surface area (Å²) in [6, 6.07) is 1.94. The Labute approximate surface area is 97.1 Å². The van der Waals surface area contributed by atoms with Crippen molar-refractivity contribution in [3.8, 4) is 0 Å². The van der Waals surface area contributed by atoms with E-state index in [9.17, 15) is 0 Å². The average molecular weight is 223 g/mol. The number of hydrogen-bond acceptors (Lipinski definition) is 4. The summed E-state index contributed by atoms with van der Waals surface area (Å²) in [5.74, 6) is 0.842. The van der Waals surface area contributed by atoms with Crippen LogP contribution in [-0.2, 0) is 0 Å². The monoisotopic (exact) mass is 223 g/mol. The Kier molecular flexibility index (Phi) is 5.05. The number of nitrogens with two attached hydrogens (primary N) is 1. The Hall–Kier alpha value is -1.29. The zero-order valence-corrected chi connectivity index (χ0v) is 10.1. The molecule has 0 saturated heterocycles. The van der Waals surface area contributed by atoms with Gasteiger partial charge in [-0.25, -0.2) is 4.98 Å². The van der Waals surface area contributed by atoms with E-state index < -0.39 is 0 Å². The van der Waals surface area contributed by atoms with Crippen molar-refractivity contribution in [3.05, 3.63) is 17.8 Å². The lowest BCUT2D eigenvalue weighted by Gasteiger charge is -2.19. The van der Waals surface area contributed by atoms with Crippen LogP contribution in [0.15, 0.2) is 12.3 Å². The highest BCUT2D eigenvalue weighted by Crippen LogP contribution is 2.19. The van der Waals surface area contributed by atoms with Gasteiger partial charge in [-0.05, 0) is 37.8 Å². The second-order valence-electron chi connectivity index (χ2n) is 4.13. The molecule has 0 atom stereocenters. The van der Waals surface area contributed by atoms with E-state index in [1.165, 1.54) is 0 Å². The summed E-state index contributed by atoms with van der Waals surface area (Å²) in [5.41, 5.74) is 7.71. The molecule has 1 aromatic rings. The van der Waals surface area contributed by atoms with Crippen LogP contribution in [0.25, 0.3) is 0 Å². The second-order valence-corrected chi connectivity index (χ2v) is 4.13. The molecule has 0 fully saturated rings. The van der Waals surface area contributed by atoms with E-state index in [1.54, 1.807) is 0 Å². The minimum Gasteiger partial charge on any atom is -0.396 e. The van der Waals surface area contributed by atoms with E-state index in [1.807, 2.05) is 26.2 Å². The molecule has 4 nitrogen and oxygen atoms in total. The van der Waals surface area contributed by atoms with Crippen molar-refractivity contribution in [2.45, 2.75) is 26.2 Å². The van der Waals surface area contributed by atoms with E-state index >= 15 is 0 Å². The van der Waals surface area contributed by atoms with Gasteiger partial charge in [0.25, 0.3) is 0 Å². The highest BCUT2D eigenvalue weighted by molar-refractivity contribution is 5.62. The molecule has 0 aliphatic rings. The maximum atomic E-state index is 8.68. The van der Waals surface area contributed by atoms with Crippen LogP contribution in [0.3, 0.4) is 0 Å². The third-order valence-electron chi connectivity index (χ3n) is 2.55. The van der Waals surface area contributed by atoms with Crippen molar-refractivity contribution >= 4 is 11.5 Å². The number of aliphatic hydroxyl groups excluding tert-OH is 1. The van der Waals surface area contributed by atoms with E-state index in [4.69, 9.17) is 10.8 Å². The molecule has 3 N–H and O–H groups in total. The SMILES string of the molecule is Cc1cnc(N(C)CCCCCO)c(N)c1. The predicted molar refractivity (Wildman–Crippen MR) is 67.6 cm³/mol. The number of pyridine rings is 1. The molecule has 0 unspecified atom stereocenters. The molecule has 0 aliphatic heterocycles. The quantitative estimate of drug-likeness (QED) is 0.719. The molecule has 0 amide bonds. The summed E-state index contributed by atoms with van der Waals surface area (Å²) in [6.07, 6.45) is 4.78. The molecular weight excluding hydrogens is 202 g/mol. The first-order valence-corrected chi connectivity index (χ1v) is 5.69. The summed E-state index contributed by atoms with van der Waals surface area (Å²) in [4.78, 5) is 6.39. The lowest BCUT2D eigenvalue weighted by atomic mass is 10.2. The molecule has 0 bridgehead atoms. The summed E-state index contributed by atoms with van der Waals surface area (Å²) >= 11 is 0. The van der Waals surface area contributed by atoms with Crippen LogP contribution in [0, 0.1) is 6.92 Å². The molecule has 1 aromatic heterocycles. The Morgan fingerprint density at radius 3 is 2.75 bits per heavy atom. The van der Waals surface area contributed by atoms with Gasteiger partial charge in [-0.1, -0.05) is 0 Å². The first-order valence-electron chi connectivity index (χ1n) is 5.69. The third-order valence-corrected chi connectivity index (χ3v) is 2.55. The van der Waals surface area contributed by atoms with Crippen molar-refractivity contribution in [1.82, 2.24) is 4.98 Å². The molecule has 90 valence electrons. The number of aliphatic hydroxyl groups is 1. The van der Waals surface area contributed by atoms with Gasteiger partial charge >= 0.3 is 0 Å². The normalized spacial score (nSPS) is 10.4. The minimum absolute atomic E-state index is 0.272. The molecule has 1 rings (SSSR count). The van der Waals surface area contributed by atoms with E-state index in [-0.39, 0.29) is 6.61 Å². The highest BCUT2D eigenvalue weighted by Gasteiger charge is 2.06. The van der Waals surface area contributed by atoms with Gasteiger partial charge in [0.2, 0.25) is 0 Å². The van der Waals surface area contributed by atoms with Crippen molar-refractivity contribution in [1.29, 1.82) is 0 Å². The third kappa shape index (κ3) is 3.70. The Morgan fingerprint density at radius 2 is 2.12 bits per heavy atom. The molecule has 0 aliphatic carbocycles. The molecule has 0 spiro atoms. The average Bonchev–Trinajstić information content (AvgIpc) is 2.24. The molecule has 4 heteroatoms. The lowest BCUT2D eigenvalue weighted by molar-refractivity contribution is 0.283. The van der Waals surface area contributed by atoms with Gasteiger partial charge in [0.15, 0.2) is 5.82 Å². The van der Waals surface area contributed by atoms with Gasteiger partial charge < -0.3 is 15.7 Å².